The molecule has 2 aliphatic rings. The van der Waals surface area contributed by atoms with Crippen LogP contribution in [0.5, 0.6) is 11.5 Å². The number of methoxy groups -OCH3 is 1. The van der Waals surface area contributed by atoms with E-state index in [2.05, 4.69) is 59.1 Å². The smallest absolute Gasteiger partial charge is 0.124 e. The SMILES string of the molecule is CCC1CN(CC2CNNC2c2ccccc2)Cc2cc(OC)ccc2O1. The monoisotopic (exact) mass is 367 g/mol. The second kappa shape index (κ2) is 8.30. The fraction of sp³-hybridized carbons (Fsp3) is 0.455. The lowest BCUT2D eigenvalue weighted by Crippen LogP contribution is -2.37. The number of hydrazine groups is 1. The molecule has 2 aromatic rings. The standard InChI is InChI=1S/C22H29N3O2/c1-3-19-15-25(13-17-11-20(26-2)9-10-21(17)27-19)14-18-12-23-24-22(18)16-7-5-4-6-8-16/h4-11,18-19,22-24H,3,12-15H2,1-2H3. The number of benzene rings is 2. The van der Waals surface area contributed by atoms with Gasteiger partial charge in [-0.1, -0.05) is 37.3 Å². The van der Waals surface area contributed by atoms with Crippen LogP contribution in [0.25, 0.3) is 0 Å². The van der Waals surface area contributed by atoms with Crippen molar-refractivity contribution in [3.8, 4) is 11.5 Å². The first-order valence-corrected chi connectivity index (χ1v) is 9.86. The molecule has 144 valence electrons. The molecule has 3 unspecified atom stereocenters. The molecule has 0 spiro atoms. The van der Waals surface area contributed by atoms with E-state index in [1.807, 2.05) is 12.1 Å². The van der Waals surface area contributed by atoms with Gasteiger partial charge in [0.15, 0.2) is 0 Å². The predicted octanol–water partition coefficient (Wildman–Crippen LogP) is 3.13. The maximum atomic E-state index is 6.28. The average Bonchev–Trinajstić information content (AvgIpc) is 3.09. The molecule has 5 nitrogen and oxygen atoms in total. The van der Waals surface area contributed by atoms with E-state index in [1.54, 1.807) is 7.11 Å². The Labute approximate surface area is 161 Å². The highest BCUT2D eigenvalue weighted by atomic mass is 16.5. The quantitative estimate of drug-likeness (QED) is 0.850. The molecular formula is C22H29N3O2. The van der Waals surface area contributed by atoms with Gasteiger partial charge in [-0.3, -0.25) is 10.3 Å². The van der Waals surface area contributed by atoms with Crippen LogP contribution in [0.3, 0.4) is 0 Å². The van der Waals surface area contributed by atoms with Gasteiger partial charge in [-0.25, -0.2) is 5.43 Å². The van der Waals surface area contributed by atoms with Gasteiger partial charge in [0.05, 0.1) is 13.2 Å². The van der Waals surface area contributed by atoms with Gasteiger partial charge in [0.25, 0.3) is 0 Å². The van der Waals surface area contributed by atoms with E-state index in [-0.39, 0.29) is 6.10 Å². The molecule has 27 heavy (non-hydrogen) atoms. The number of nitrogens with zero attached hydrogens (tertiary/aromatic N) is 1. The Morgan fingerprint density at radius 2 is 2.04 bits per heavy atom. The van der Waals surface area contributed by atoms with Crippen molar-refractivity contribution in [1.29, 1.82) is 0 Å². The van der Waals surface area contributed by atoms with Crippen LogP contribution in [0.15, 0.2) is 48.5 Å². The van der Waals surface area contributed by atoms with Crippen LogP contribution in [-0.4, -0.2) is 37.7 Å². The number of ether oxygens (including phenoxy) is 2. The molecular weight excluding hydrogens is 338 g/mol. The Bertz CT molecular complexity index is 752. The molecule has 2 aromatic carbocycles. The van der Waals surface area contributed by atoms with Gasteiger partial charge < -0.3 is 9.47 Å². The Kier molecular flexibility index (Phi) is 5.62. The molecule has 0 amide bonds. The minimum atomic E-state index is 0.220. The predicted molar refractivity (Wildman–Crippen MR) is 107 cm³/mol. The zero-order valence-electron chi connectivity index (χ0n) is 16.2. The summed E-state index contributed by atoms with van der Waals surface area (Å²) < 4.78 is 11.7. The van der Waals surface area contributed by atoms with Crippen LogP contribution in [0.1, 0.15) is 30.5 Å². The summed E-state index contributed by atoms with van der Waals surface area (Å²) >= 11 is 0. The van der Waals surface area contributed by atoms with Crippen molar-refractivity contribution >= 4 is 0 Å². The van der Waals surface area contributed by atoms with E-state index in [0.29, 0.717) is 12.0 Å². The Hall–Kier alpha value is -2.08. The van der Waals surface area contributed by atoms with Gasteiger partial charge in [-0.15, -0.1) is 0 Å². The highest BCUT2D eigenvalue weighted by Crippen LogP contribution is 2.32. The second-order valence-corrected chi connectivity index (χ2v) is 7.49. The van der Waals surface area contributed by atoms with Crippen molar-refractivity contribution in [2.24, 2.45) is 5.92 Å². The Morgan fingerprint density at radius 3 is 2.81 bits per heavy atom. The van der Waals surface area contributed by atoms with Gasteiger partial charge >= 0.3 is 0 Å². The molecule has 0 aliphatic carbocycles. The van der Waals surface area contributed by atoms with Crippen molar-refractivity contribution < 1.29 is 9.47 Å². The Balaban J connectivity index is 1.53. The molecule has 0 bridgehead atoms. The van der Waals surface area contributed by atoms with Crippen molar-refractivity contribution in [2.75, 3.05) is 26.7 Å². The van der Waals surface area contributed by atoms with Gasteiger partial charge in [0, 0.05) is 37.7 Å². The lowest BCUT2D eigenvalue weighted by atomic mass is 9.94. The van der Waals surface area contributed by atoms with E-state index in [4.69, 9.17) is 9.47 Å². The van der Waals surface area contributed by atoms with E-state index in [0.717, 1.165) is 44.1 Å². The van der Waals surface area contributed by atoms with Crippen molar-refractivity contribution in [2.45, 2.75) is 32.0 Å². The van der Waals surface area contributed by atoms with E-state index in [1.165, 1.54) is 11.1 Å². The van der Waals surface area contributed by atoms with Gasteiger partial charge in [0.2, 0.25) is 0 Å². The molecule has 2 aliphatic heterocycles. The van der Waals surface area contributed by atoms with Crippen LogP contribution in [0, 0.1) is 5.92 Å². The summed E-state index contributed by atoms with van der Waals surface area (Å²) in [5.41, 5.74) is 9.37. The topological polar surface area (TPSA) is 45.8 Å². The summed E-state index contributed by atoms with van der Waals surface area (Å²) in [5, 5.41) is 0. The van der Waals surface area contributed by atoms with Crippen LogP contribution in [0.4, 0.5) is 0 Å². The zero-order chi connectivity index (χ0) is 18.6. The number of hydrogen-bond donors (Lipinski definition) is 2. The van der Waals surface area contributed by atoms with Crippen LogP contribution in [-0.2, 0) is 6.54 Å². The maximum Gasteiger partial charge on any atom is 0.124 e. The van der Waals surface area contributed by atoms with E-state index in [9.17, 15) is 0 Å². The first-order valence-electron chi connectivity index (χ1n) is 9.86. The van der Waals surface area contributed by atoms with Crippen LogP contribution >= 0.6 is 0 Å². The number of rotatable bonds is 5. The lowest BCUT2D eigenvalue weighted by molar-refractivity contribution is 0.130. The largest absolute Gasteiger partial charge is 0.497 e. The minimum Gasteiger partial charge on any atom is -0.497 e. The number of nitrogens with one attached hydrogen (secondary N) is 2. The summed E-state index contributed by atoms with van der Waals surface area (Å²) in [6.07, 6.45) is 1.22. The van der Waals surface area contributed by atoms with E-state index < -0.39 is 0 Å². The zero-order valence-corrected chi connectivity index (χ0v) is 16.2. The summed E-state index contributed by atoms with van der Waals surface area (Å²) in [5.74, 6) is 2.39. The molecule has 3 atom stereocenters. The molecule has 0 aromatic heterocycles. The molecule has 5 heteroatoms. The summed E-state index contributed by atoms with van der Waals surface area (Å²) in [6.45, 7) is 6.03. The van der Waals surface area contributed by atoms with Crippen molar-refractivity contribution in [1.82, 2.24) is 15.8 Å². The second-order valence-electron chi connectivity index (χ2n) is 7.49. The molecule has 0 radical (unpaired) electrons. The molecule has 0 saturated carbocycles. The van der Waals surface area contributed by atoms with Crippen LogP contribution in [0.2, 0.25) is 0 Å². The highest BCUT2D eigenvalue weighted by molar-refractivity contribution is 5.41. The normalized spacial score (nSPS) is 25.5. The van der Waals surface area contributed by atoms with Gasteiger partial charge in [0.1, 0.15) is 17.6 Å². The third kappa shape index (κ3) is 4.10. The molecule has 2 heterocycles. The lowest BCUT2D eigenvalue weighted by Gasteiger charge is -2.28. The third-order valence-corrected chi connectivity index (χ3v) is 5.62. The number of hydrogen-bond acceptors (Lipinski definition) is 5. The highest BCUT2D eigenvalue weighted by Gasteiger charge is 2.31. The molecule has 1 saturated heterocycles. The van der Waals surface area contributed by atoms with Crippen molar-refractivity contribution in [3.05, 3.63) is 59.7 Å². The number of fused-ring (bicyclic) bond motifs is 1. The van der Waals surface area contributed by atoms with Crippen molar-refractivity contribution in [3.63, 3.8) is 0 Å². The summed E-state index contributed by atoms with van der Waals surface area (Å²) in [6, 6.07) is 17.2. The van der Waals surface area contributed by atoms with Gasteiger partial charge in [-0.2, -0.15) is 0 Å². The summed E-state index contributed by atoms with van der Waals surface area (Å²) in [7, 11) is 1.71. The third-order valence-electron chi connectivity index (χ3n) is 5.62. The average molecular weight is 367 g/mol. The molecule has 4 rings (SSSR count). The minimum absolute atomic E-state index is 0.220. The van der Waals surface area contributed by atoms with E-state index >= 15 is 0 Å². The molecule has 2 N–H and O–H groups in total. The first-order chi connectivity index (χ1) is 13.3. The Morgan fingerprint density at radius 1 is 1.19 bits per heavy atom. The maximum absolute atomic E-state index is 6.28. The molecule has 1 fully saturated rings. The van der Waals surface area contributed by atoms with Gasteiger partial charge in [-0.05, 0) is 30.2 Å². The first kappa shape index (κ1) is 18.3. The van der Waals surface area contributed by atoms with Crippen LogP contribution < -0.4 is 20.3 Å². The fourth-order valence-electron chi connectivity index (χ4n) is 4.14. The fourth-order valence-corrected chi connectivity index (χ4v) is 4.14. The summed E-state index contributed by atoms with van der Waals surface area (Å²) in [4.78, 5) is 2.54.